The van der Waals surface area contributed by atoms with E-state index in [2.05, 4.69) is 0 Å². The standard InChI is InChI=1S/C19H14F2O/c20-18-7-4-8-19(21)17(18)13-14-9-11-16(12-10-14)22-15-5-2-1-3-6-15/h1-12H,13H2. The van der Waals surface area contributed by atoms with Gasteiger partial charge >= 0.3 is 0 Å². The van der Waals surface area contributed by atoms with Crippen LogP contribution in [0, 0.1) is 11.6 Å². The van der Waals surface area contributed by atoms with Crippen molar-refractivity contribution in [3.8, 4) is 11.5 Å². The van der Waals surface area contributed by atoms with Crippen LogP contribution in [0.15, 0.2) is 72.8 Å². The first-order chi connectivity index (χ1) is 10.7. The summed E-state index contributed by atoms with van der Waals surface area (Å²) in [7, 11) is 0. The van der Waals surface area contributed by atoms with Gasteiger partial charge in [0, 0.05) is 12.0 Å². The molecule has 3 aromatic carbocycles. The maximum atomic E-state index is 13.6. The fourth-order valence-electron chi connectivity index (χ4n) is 2.21. The summed E-state index contributed by atoms with van der Waals surface area (Å²) < 4.78 is 33.0. The second-order valence-corrected chi connectivity index (χ2v) is 4.94. The molecular formula is C19H14F2O. The van der Waals surface area contributed by atoms with Crippen LogP contribution in [0.5, 0.6) is 11.5 Å². The minimum atomic E-state index is -0.524. The third kappa shape index (κ3) is 3.31. The molecule has 0 bridgehead atoms. The first-order valence-corrected chi connectivity index (χ1v) is 6.97. The van der Waals surface area contributed by atoms with Gasteiger partial charge in [-0.05, 0) is 42.0 Å². The molecule has 1 nitrogen and oxygen atoms in total. The number of para-hydroxylation sites is 1. The van der Waals surface area contributed by atoms with E-state index in [1.54, 1.807) is 12.1 Å². The molecule has 3 heteroatoms. The van der Waals surface area contributed by atoms with Crippen LogP contribution in [-0.4, -0.2) is 0 Å². The summed E-state index contributed by atoms with van der Waals surface area (Å²) in [6.07, 6.45) is 0.212. The maximum Gasteiger partial charge on any atom is 0.129 e. The highest BCUT2D eigenvalue weighted by Crippen LogP contribution is 2.23. The van der Waals surface area contributed by atoms with Crippen molar-refractivity contribution >= 4 is 0 Å². The van der Waals surface area contributed by atoms with E-state index in [0.29, 0.717) is 5.75 Å². The van der Waals surface area contributed by atoms with Crippen molar-refractivity contribution < 1.29 is 13.5 Å². The molecule has 0 aliphatic rings. The van der Waals surface area contributed by atoms with Crippen molar-refractivity contribution in [2.24, 2.45) is 0 Å². The first kappa shape index (κ1) is 14.3. The summed E-state index contributed by atoms with van der Waals surface area (Å²) in [5.74, 6) is 0.383. The summed E-state index contributed by atoms with van der Waals surface area (Å²) in [5, 5.41) is 0. The van der Waals surface area contributed by atoms with Crippen molar-refractivity contribution in [1.29, 1.82) is 0 Å². The summed E-state index contributed by atoms with van der Waals surface area (Å²) >= 11 is 0. The summed E-state index contributed by atoms with van der Waals surface area (Å²) in [6.45, 7) is 0. The predicted octanol–water partition coefficient (Wildman–Crippen LogP) is 5.35. The second-order valence-electron chi connectivity index (χ2n) is 4.94. The van der Waals surface area contributed by atoms with Crippen LogP contribution in [-0.2, 0) is 6.42 Å². The molecule has 110 valence electrons. The van der Waals surface area contributed by atoms with Gasteiger partial charge in [-0.3, -0.25) is 0 Å². The second kappa shape index (κ2) is 6.39. The minimum Gasteiger partial charge on any atom is -0.457 e. The third-order valence-electron chi connectivity index (χ3n) is 3.34. The van der Waals surface area contributed by atoms with Crippen LogP contribution < -0.4 is 4.74 Å². The molecule has 0 radical (unpaired) electrons. The Morgan fingerprint density at radius 1 is 0.636 bits per heavy atom. The number of ether oxygens (including phenoxy) is 1. The zero-order chi connectivity index (χ0) is 15.4. The Hall–Kier alpha value is -2.68. The van der Waals surface area contributed by atoms with Gasteiger partial charge in [0.2, 0.25) is 0 Å². The molecule has 3 rings (SSSR count). The van der Waals surface area contributed by atoms with Crippen molar-refractivity contribution in [3.63, 3.8) is 0 Å². The van der Waals surface area contributed by atoms with E-state index in [1.165, 1.54) is 18.2 Å². The molecule has 0 saturated carbocycles. The molecule has 0 heterocycles. The topological polar surface area (TPSA) is 9.23 Å². The van der Waals surface area contributed by atoms with Gasteiger partial charge < -0.3 is 4.74 Å². The minimum absolute atomic E-state index is 0.0826. The highest BCUT2D eigenvalue weighted by atomic mass is 19.1. The highest BCUT2D eigenvalue weighted by Gasteiger charge is 2.09. The lowest BCUT2D eigenvalue weighted by Gasteiger charge is -2.08. The van der Waals surface area contributed by atoms with Gasteiger partial charge in [-0.2, -0.15) is 0 Å². The molecule has 22 heavy (non-hydrogen) atoms. The van der Waals surface area contributed by atoms with E-state index >= 15 is 0 Å². The van der Waals surface area contributed by atoms with Crippen LogP contribution in [0.2, 0.25) is 0 Å². The third-order valence-corrected chi connectivity index (χ3v) is 3.34. The lowest BCUT2D eigenvalue weighted by molar-refractivity contribution is 0.482. The fourth-order valence-corrected chi connectivity index (χ4v) is 2.21. The molecule has 0 fully saturated rings. The van der Waals surface area contributed by atoms with Crippen molar-refractivity contribution in [2.45, 2.75) is 6.42 Å². The molecular weight excluding hydrogens is 282 g/mol. The number of halogens is 2. The quantitative estimate of drug-likeness (QED) is 0.630. The summed E-state index contributed by atoms with van der Waals surface area (Å²) in [4.78, 5) is 0. The zero-order valence-corrected chi connectivity index (χ0v) is 11.8. The van der Waals surface area contributed by atoms with Crippen LogP contribution in [0.3, 0.4) is 0 Å². The van der Waals surface area contributed by atoms with Gasteiger partial charge in [-0.25, -0.2) is 8.78 Å². The lowest BCUT2D eigenvalue weighted by atomic mass is 10.0. The largest absolute Gasteiger partial charge is 0.457 e. The first-order valence-electron chi connectivity index (χ1n) is 6.97. The molecule has 0 aliphatic heterocycles. The molecule has 0 aliphatic carbocycles. The average molecular weight is 296 g/mol. The Labute approximate surface area is 127 Å². The predicted molar refractivity (Wildman–Crippen MR) is 82.1 cm³/mol. The normalized spacial score (nSPS) is 10.5. The van der Waals surface area contributed by atoms with E-state index < -0.39 is 11.6 Å². The van der Waals surface area contributed by atoms with E-state index in [4.69, 9.17) is 4.74 Å². The monoisotopic (exact) mass is 296 g/mol. The number of hydrogen-bond donors (Lipinski definition) is 0. The van der Waals surface area contributed by atoms with Crippen molar-refractivity contribution in [1.82, 2.24) is 0 Å². The van der Waals surface area contributed by atoms with E-state index in [-0.39, 0.29) is 12.0 Å². The zero-order valence-electron chi connectivity index (χ0n) is 11.8. The van der Waals surface area contributed by atoms with Crippen LogP contribution in [0.1, 0.15) is 11.1 Å². The van der Waals surface area contributed by atoms with Gasteiger partial charge in [-0.15, -0.1) is 0 Å². The molecule has 3 aromatic rings. The fraction of sp³-hybridized carbons (Fsp3) is 0.0526. The van der Waals surface area contributed by atoms with Gasteiger partial charge in [0.1, 0.15) is 23.1 Å². The van der Waals surface area contributed by atoms with E-state index in [0.717, 1.165) is 11.3 Å². The van der Waals surface area contributed by atoms with Gasteiger partial charge in [0.25, 0.3) is 0 Å². The highest BCUT2D eigenvalue weighted by molar-refractivity contribution is 5.35. The van der Waals surface area contributed by atoms with Crippen LogP contribution in [0.4, 0.5) is 8.78 Å². The Kier molecular flexibility index (Phi) is 4.15. The Morgan fingerprint density at radius 2 is 1.23 bits per heavy atom. The molecule has 0 atom stereocenters. The van der Waals surface area contributed by atoms with Gasteiger partial charge in [-0.1, -0.05) is 36.4 Å². The summed E-state index contributed by atoms with van der Waals surface area (Å²) in [6, 6.07) is 20.5. The molecule has 0 amide bonds. The smallest absolute Gasteiger partial charge is 0.129 e. The molecule has 0 unspecified atom stereocenters. The Balaban J connectivity index is 1.74. The van der Waals surface area contributed by atoms with Gasteiger partial charge in [0.05, 0.1) is 0 Å². The molecule has 0 saturated heterocycles. The lowest BCUT2D eigenvalue weighted by Crippen LogP contribution is -1.97. The molecule has 0 N–H and O–H groups in total. The van der Waals surface area contributed by atoms with E-state index in [9.17, 15) is 8.78 Å². The number of benzene rings is 3. The Bertz CT molecular complexity index is 732. The SMILES string of the molecule is Fc1cccc(F)c1Cc1ccc(Oc2ccccc2)cc1. The van der Waals surface area contributed by atoms with Crippen LogP contribution in [0.25, 0.3) is 0 Å². The number of hydrogen-bond acceptors (Lipinski definition) is 1. The van der Waals surface area contributed by atoms with Gasteiger partial charge in [0.15, 0.2) is 0 Å². The maximum absolute atomic E-state index is 13.6. The van der Waals surface area contributed by atoms with Crippen LogP contribution >= 0.6 is 0 Å². The van der Waals surface area contributed by atoms with E-state index in [1.807, 2.05) is 42.5 Å². The van der Waals surface area contributed by atoms with Crippen molar-refractivity contribution in [2.75, 3.05) is 0 Å². The average Bonchev–Trinajstić information content (AvgIpc) is 2.54. The number of rotatable bonds is 4. The summed E-state index contributed by atoms with van der Waals surface area (Å²) in [5.41, 5.74) is 0.906. The molecule has 0 aromatic heterocycles. The molecule has 0 spiro atoms. The Morgan fingerprint density at radius 3 is 1.86 bits per heavy atom. The van der Waals surface area contributed by atoms with Crippen molar-refractivity contribution in [3.05, 3.63) is 95.6 Å².